The summed E-state index contributed by atoms with van der Waals surface area (Å²) in [5.41, 5.74) is 17.4. The van der Waals surface area contributed by atoms with Gasteiger partial charge in [0.25, 0.3) is 0 Å². The molecular weight excluding hydrogens is 857 g/mol. The van der Waals surface area contributed by atoms with E-state index in [4.69, 9.17) is 40.9 Å². The van der Waals surface area contributed by atoms with Crippen LogP contribution < -0.4 is 32.7 Å². The average molecular weight is 917 g/mol. The molecule has 352 valence electrons. The van der Waals surface area contributed by atoms with Gasteiger partial charge in [0.15, 0.2) is 0 Å². The SMILES string of the molecule is C[C@@H]1OC(=O)c2ccc(Nc3cc4c([C@@](C)(N)C5CC5)cnc(NC5CC5)c4cn3)nc2[C@H]1C.C[C@@H]1OC(=O)c2ccc(Nc3cc4c([C@](C)(N)C5CC5)cnc(NC5CC5)c4cn3)nc2[C@H]1C. The summed E-state index contributed by atoms with van der Waals surface area (Å²) in [4.78, 5) is 52.8. The molecule has 8 heterocycles. The molecule has 0 unspecified atom stereocenters. The normalized spacial score (nSPS) is 23.7. The van der Waals surface area contributed by atoms with Crippen molar-refractivity contribution < 1.29 is 19.1 Å². The molecule has 2 aliphatic heterocycles. The highest BCUT2D eigenvalue weighted by Crippen LogP contribution is 2.48. The topological polar surface area (TPSA) is 230 Å². The third-order valence-corrected chi connectivity index (χ3v) is 15.1. The number of carbonyl (C=O) groups is 2. The van der Waals surface area contributed by atoms with Crippen molar-refractivity contribution in [2.75, 3.05) is 21.3 Å². The first-order valence-corrected chi connectivity index (χ1v) is 24.3. The smallest absolute Gasteiger partial charge is 0.340 e. The van der Waals surface area contributed by atoms with Crippen LogP contribution in [0.25, 0.3) is 21.5 Å². The number of anilines is 6. The molecule has 0 amide bonds. The molecule has 12 rings (SSSR count). The number of hydrogen-bond acceptors (Lipinski definition) is 16. The van der Waals surface area contributed by atoms with E-state index in [1.807, 2.05) is 64.6 Å². The fraction of sp³-hybridized carbons (Fsp3) is 0.462. The summed E-state index contributed by atoms with van der Waals surface area (Å²) in [6.07, 6.45) is 16.4. The van der Waals surface area contributed by atoms with Crippen LogP contribution >= 0.6 is 0 Å². The Hall–Kier alpha value is -6.52. The molecule has 0 bridgehead atoms. The van der Waals surface area contributed by atoms with E-state index in [0.717, 1.165) is 81.4 Å². The Morgan fingerprint density at radius 2 is 0.926 bits per heavy atom. The minimum Gasteiger partial charge on any atom is -0.458 e. The summed E-state index contributed by atoms with van der Waals surface area (Å²) in [7, 11) is 0. The van der Waals surface area contributed by atoms with Crippen molar-refractivity contribution in [3.63, 3.8) is 0 Å². The number of rotatable bonds is 12. The molecule has 6 aromatic rings. The lowest BCUT2D eigenvalue weighted by molar-refractivity contribution is 0.0225. The van der Waals surface area contributed by atoms with Crippen molar-refractivity contribution in [2.24, 2.45) is 23.3 Å². The Morgan fingerprint density at radius 1 is 0.529 bits per heavy atom. The van der Waals surface area contributed by atoms with Crippen LogP contribution in [-0.4, -0.2) is 66.1 Å². The zero-order chi connectivity index (χ0) is 47.2. The van der Waals surface area contributed by atoms with Crippen LogP contribution in [0.5, 0.6) is 0 Å². The summed E-state index contributed by atoms with van der Waals surface area (Å²) >= 11 is 0. The molecule has 68 heavy (non-hydrogen) atoms. The van der Waals surface area contributed by atoms with Crippen LogP contribution in [0.4, 0.5) is 34.9 Å². The second-order valence-corrected chi connectivity index (χ2v) is 20.5. The minimum absolute atomic E-state index is 0.0178. The lowest BCUT2D eigenvalue weighted by atomic mass is 9.86. The van der Waals surface area contributed by atoms with E-state index in [2.05, 4.69) is 45.1 Å². The quantitative estimate of drug-likeness (QED) is 0.0629. The highest BCUT2D eigenvalue weighted by Gasteiger charge is 2.43. The summed E-state index contributed by atoms with van der Waals surface area (Å²) in [5.74, 6) is 4.69. The predicted octanol–water partition coefficient (Wildman–Crippen LogP) is 9.18. The summed E-state index contributed by atoms with van der Waals surface area (Å²) in [6, 6.07) is 12.2. The van der Waals surface area contributed by atoms with Gasteiger partial charge < -0.3 is 42.2 Å². The molecule has 6 aliphatic rings. The van der Waals surface area contributed by atoms with E-state index in [1.165, 1.54) is 25.7 Å². The maximum atomic E-state index is 12.2. The number of pyridine rings is 6. The first kappa shape index (κ1) is 44.0. The number of nitrogens with one attached hydrogen (secondary N) is 4. The number of hydrogen-bond donors (Lipinski definition) is 6. The molecule has 4 saturated carbocycles. The molecule has 16 heteroatoms. The Morgan fingerprint density at radius 3 is 1.29 bits per heavy atom. The Labute approximate surface area is 395 Å². The van der Waals surface area contributed by atoms with E-state index < -0.39 is 11.1 Å². The standard InChI is InChI=1S/2C26H30N6O2/c2*1-13-14(2)34-25(33)17-8-9-21(32-23(13)17)31-22-10-18-19(11-28-22)24(30-16-6-7-16)29-12-20(18)26(3,27)15-4-5-15/h2*8-16H,4-7,27H2,1-3H3,(H,29,30)(H,28,31,32)/t13-,14-,26+;13-,14-,26-/m00/s1. The van der Waals surface area contributed by atoms with E-state index in [1.54, 1.807) is 24.3 Å². The fourth-order valence-corrected chi connectivity index (χ4v) is 9.65. The first-order chi connectivity index (χ1) is 32.6. The lowest BCUT2D eigenvalue weighted by Crippen LogP contribution is -2.35. The number of nitrogens with zero attached hydrogens (tertiary/aromatic N) is 6. The summed E-state index contributed by atoms with van der Waals surface area (Å²) in [6.45, 7) is 12.0. The maximum Gasteiger partial charge on any atom is 0.340 e. The lowest BCUT2D eigenvalue weighted by Gasteiger charge is -2.28. The van der Waals surface area contributed by atoms with Crippen LogP contribution in [0.2, 0.25) is 0 Å². The van der Waals surface area contributed by atoms with E-state index >= 15 is 0 Å². The van der Waals surface area contributed by atoms with Gasteiger partial charge in [-0.05, 0) is 149 Å². The van der Waals surface area contributed by atoms with Gasteiger partial charge in [0.05, 0.1) is 22.5 Å². The molecule has 4 fully saturated rings. The minimum atomic E-state index is -0.446. The number of aromatic nitrogens is 6. The van der Waals surface area contributed by atoms with Gasteiger partial charge in [-0.25, -0.2) is 39.5 Å². The molecule has 16 nitrogen and oxygen atoms in total. The van der Waals surface area contributed by atoms with Crippen molar-refractivity contribution in [3.05, 3.63) is 94.8 Å². The van der Waals surface area contributed by atoms with Crippen molar-refractivity contribution in [1.29, 1.82) is 0 Å². The average Bonchev–Trinajstić information content (AvgIpc) is 4.10. The number of ether oxygens (including phenoxy) is 2. The summed E-state index contributed by atoms with van der Waals surface area (Å²) in [5, 5.41) is 17.8. The second kappa shape index (κ2) is 16.6. The third kappa shape index (κ3) is 8.41. The van der Waals surface area contributed by atoms with Gasteiger partial charge in [0.1, 0.15) is 47.1 Å². The maximum absolute atomic E-state index is 12.2. The fourth-order valence-electron chi connectivity index (χ4n) is 9.65. The number of fused-ring (bicyclic) bond motifs is 4. The van der Waals surface area contributed by atoms with Crippen LogP contribution in [0, 0.1) is 11.8 Å². The van der Waals surface area contributed by atoms with Gasteiger partial charge in [0.2, 0.25) is 0 Å². The van der Waals surface area contributed by atoms with Crippen LogP contribution in [0.1, 0.15) is 148 Å². The van der Waals surface area contributed by atoms with Crippen molar-refractivity contribution >= 4 is 68.4 Å². The monoisotopic (exact) mass is 916 g/mol. The Bertz CT molecular complexity index is 2800. The van der Waals surface area contributed by atoms with Crippen LogP contribution in [0.3, 0.4) is 0 Å². The zero-order valence-electron chi connectivity index (χ0n) is 39.5. The van der Waals surface area contributed by atoms with E-state index in [0.29, 0.717) is 58.3 Å². The van der Waals surface area contributed by atoms with Gasteiger partial charge >= 0.3 is 11.9 Å². The Balaban J connectivity index is 0.000000149. The molecule has 4 aliphatic carbocycles. The molecule has 6 atom stereocenters. The third-order valence-electron chi connectivity index (χ3n) is 15.1. The van der Waals surface area contributed by atoms with Crippen molar-refractivity contribution in [3.8, 4) is 0 Å². The van der Waals surface area contributed by atoms with Gasteiger partial charge in [-0.15, -0.1) is 0 Å². The second-order valence-electron chi connectivity index (χ2n) is 20.5. The highest BCUT2D eigenvalue weighted by atomic mass is 16.5. The largest absolute Gasteiger partial charge is 0.458 e. The van der Waals surface area contributed by atoms with Crippen molar-refractivity contribution in [1.82, 2.24) is 29.9 Å². The van der Waals surface area contributed by atoms with Gasteiger partial charge in [0, 0.05) is 70.6 Å². The summed E-state index contributed by atoms with van der Waals surface area (Å²) < 4.78 is 10.8. The molecule has 6 aromatic heterocycles. The number of esters is 2. The van der Waals surface area contributed by atoms with Gasteiger partial charge in [-0.1, -0.05) is 13.8 Å². The molecule has 0 radical (unpaired) electrons. The Kier molecular flexibility index (Phi) is 10.8. The molecule has 0 spiro atoms. The molecular formula is C52H60N12O4. The van der Waals surface area contributed by atoms with Gasteiger partial charge in [-0.3, -0.25) is 0 Å². The van der Waals surface area contributed by atoms with Crippen LogP contribution in [-0.2, 0) is 20.6 Å². The molecule has 0 aromatic carbocycles. The number of nitrogens with two attached hydrogens (primary N) is 2. The number of cyclic esters (lactones) is 2. The molecule has 8 N–H and O–H groups in total. The van der Waals surface area contributed by atoms with Crippen molar-refractivity contribution in [2.45, 2.75) is 140 Å². The van der Waals surface area contributed by atoms with Crippen LogP contribution in [0.15, 0.2) is 61.2 Å². The van der Waals surface area contributed by atoms with Gasteiger partial charge in [-0.2, -0.15) is 0 Å². The highest BCUT2D eigenvalue weighted by molar-refractivity contribution is 5.97. The molecule has 0 saturated heterocycles. The zero-order valence-corrected chi connectivity index (χ0v) is 39.5. The van der Waals surface area contributed by atoms with E-state index in [-0.39, 0.29) is 36.0 Å². The number of carbonyl (C=O) groups excluding carboxylic acids is 2. The first-order valence-electron chi connectivity index (χ1n) is 24.3. The predicted molar refractivity (Wildman–Crippen MR) is 263 cm³/mol. The van der Waals surface area contributed by atoms with E-state index in [9.17, 15) is 9.59 Å².